The van der Waals surface area contributed by atoms with Gasteiger partial charge in [-0.25, -0.2) is 4.39 Å². The van der Waals surface area contributed by atoms with Gasteiger partial charge in [-0.1, -0.05) is 18.2 Å². The van der Waals surface area contributed by atoms with Gasteiger partial charge in [-0.05, 0) is 68.1 Å². The van der Waals surface area contributed by atoms with E-state index in [0.29, 0.717) is 17.4 Å². The van der Waals surface area contributed by atoms with Crippen LogP contribution in [0.25, 0.3) is 0 Å². The van der Waals surface area contributed by atoms with Crippen molar-refractivity contribution in [3.05, 3.63) is 47.3 Å². The summed E-state index contributed by atoms with van der Waals surface area (Å²) in [4.78, 5) is 0. The topological polar surface area (TPSA) is 23.8 Å². The van der Waals surface area contributed by atoms with Gasteiger partial charge in [0.2, 0.25) is 0 Å². The summed E-state index contributed by atoms with van der Waals surface area (Å²) in [6.07, 6.45) is 8.96. The Kier molecular flexibility index (Phi) is 4.97. The fraction of sp³-hybridized carbons (Fsp3) is 0.389. The summed E-state index contributed by atoms with van der Waals surface area (Å²) in [7, 11) is 0. The molecule has 104 valence electrons. The first-order valence-electron chi connectivity index (χ1n) is 7.07. The van der Waals surface area contributed by atoms with Crippen LogP contribution in [0.15, 0.2) is 30.4 Å². The molecule has 0 aromatic heterocycles. The number of hydrogen-bond donors (Lipinski definition) is 0. The predicted molar refractivity (Wildman–Crippen MR) is 80.5 cm³/mol. The van der Waals surface area contributed by atoms with Crippen molar-refractivity contribution >= 4 is 0 Å². The molecule has 0 aliphatic heterocycles. The van der Waals surface area contributed by atoms with E-state index >= 15 is 0 Å². The quantitative estimate of drug-likeness (QED) is 0.559. The summed E-state index contributed by atoms with van der Waals surface area (Å²) >= 11 is 0. The third-order valence-electron chi connectivity index (χ3n) is 3.95. The summed E-state index contributed by atoms with van der Waals surface area (Å²) in [6.45, 7) is 2.06. The van der Waals surface area contributed by atoms with Crippen molar-refractivity contribution in [2.24, 2.45) is 5.92 Å². The monoisotopic (exact) mass is 269 g/mol. The molecule has 0 saturated heterocycles. The number of allylic oxidation sites excluding steroid dienone is 2. The molecule has 0 heterocycles. The van der Waals surface area contributed by atoms with E-state index in [0.717, 1.165) is 18.4 Å². The van der Waals surface area contributed by atoms with Crippen LogP contribution in [0.2, 0.25) is 0 Å². The standard InChI is InChI=1S/C18H18FN.H2/c1-2-4-14-6-8-15(9-7-14)17-11-10-16(5-3-12-20)18(19)13-17;/h2,4,10-11,13-15H,6-9H2,1H3;1H/b4-2+;. The molecule has 0 radical (unpaired) electrons. The Morgan fingerprint density at radius 3 is 2.65 bits per heavy atom. The van der Waals surface area contributed by atoms with Crippen LogP contribution in [0.3, 0.4) is 0 Å². The second-order valence-corrected chi connectivity index (χ2v) is 5.24. The molecule has 0 atom stereocenters. The van der Waals surface area contributed by atoms with E-state index in [9.17, 15) is 4.39 Å². The fourth-order valence-electron chi connectivity index (χ4n) is 2.90. The van der Waals surface area contributed by atoms with Gasteiger partial charge in [0.05, 0.1) is 5.56 Å². The van der Waals surface area contributed by atoms with Gasteiger partial charge in [0.15, 0.2) is 6.07 Å². The minimum absolute atomic E-state index is 0. The molecule has 1 fully saturated rings. The van der Waals surface area contributed by atoms with Crippen LogP contribution in [0, 0.1) is 34.9 Å². The lowest BCUT2D eigenvalue weighted by Crippen LogP contribution is -2.12. The van der Waals surface area contributed by atoms with Gasteiger partial charge in [0, 0.05) is 7.35 Å². The van der Waals surface area contributed by atoms with E-state index in [4.69, 9.17) is 5.26 Å². The van der Waals surface area contributed by atoms with Crippen molar-refractivity contribution in [1.82, 2.24) is 0 Å². The van der Waals surface area contributed by atoms with Crippen molar-refractivity contribution in [3.8, 4) is 17.9 Å². The Morgan fingerprint density at radius 2 is 2.05 bits per heavy atom. The van der Waals surface area contributed by atoms with Crippen LogP contribution in [0.4, 0.5) is 4.39 Å². The normalized spacial score (nSPS) is 22.1. The van der Waals surface area contributed by atoms with Crippen molar-refractivity contribution in [1.29, 1.82) is 5.26 Å². The highest BCUT2D eigenvalue weighted by atomic mass is 19.1. The van der Waals surface area contributed by atoms with Gasteiger partial charge in [0.25, 0.3) is 0 Å². The molecule has 1 aromatic carbocycles. The van der Waals surface area contributed by atoms with Crippen LogP contribution >= 0.6 is 0 Å². The van der Waals surface area contributed by atoms with Gasteiger partial charge in [-0.15, -0.1) is 0 Å². The number of halogens is 1. The Balaban J connectivity index is 0.00000220. The summed E-state index contributed by atoms with van der Waals surface area (Å²) in [5, 5.41) is 8.39. The highest BCUT2D eigenvalue weighted by Crippen LogP contribution is 2.36. The summed E-state index contributed by atoms with van der Waals surface area (Å²) in [6, 6.07) is 6.93. The number of rotatable bonds is 2. The maximum atomic E-state index is 13.9. The molecule has 1 aliphatic rings. The number of nitriles is 1. The van der Waals surface area contributed by atoms with Crippen molar-refractivity contribution < 1.29 is 5.82 Å². The molecular weight excluding hydrogens is 249 g/mol. The lowest BCUT2D eigenvalue weighted by atomic mass is 9.78. The van der Waals surface area contributed by atoms with E-state index in [2.05, 4.69) is 30.9 Å². The van der Waals surface area contributed by atoms with Gasteiger partial charge in [-0.3, -0.25) is 0 Å². The number of benzene rings is 1. The molecule has 0 amide bonds. The zero-order valence-corrected chi connectivity index (χ0v) is 11.7. The average Bonchev–Trinajstić information content (AvgIpc) is 2.47. The summed E-state index contributed by atoms with van der Waals surface area (Å²) in [5.74, 6) is 5.57. The molecule has 20 heavy (non-hydrogen) atoms. The molecular formula is C18H20FN. The maximum absolute atomic E-state index is 13.9. The highest BCUT2D eigenvalue weighted by molar-refractivity contribution is 5.41. The van der Waals surface area contributed by atoms with E-state index in [1.165, 1.54) is 12.8 Å². The molecule has 0 N–H and O–H groups in total. The largest absolute Gasteiger partial charge is 0.206 e. The second-order valence-electron chi connectivity index (χ2n) is 5.24. The van der Waals surface area contributed by atoms with Gasteiger partial charge < -0.3 is 0 Å². The Hall–Kier alpha value is -2.06. The molecule has 1 saturated carbocycles. The SMILES string of the molecule is C/C=C/C1CCC(c2ccc(C#CC#N)c(F)c2)CC1.[HH]. The Morgan fingerprint density at radius 1 is 1.30 bits per heavy atom. The lowest BCUT2D eigenvalue weighted by Gasteiger charge is -2.27. The van der Waals surface area contributed by atoms with Crippen LogP contribution < -0.4 is 0 Å². The molecule has 2 rings (SSSR count). The number of nitrogens with zero attached hydrogens (tertiary/aromatic N) is 1. The average molecular weight is 269 g/mol. The molecule has 0 spiro atoms. The van der Waals surface area contributed by atoms with E-state index in [1.807, 2.05) is 6.07 Å². The number of hydrogen-bond acceptors (Lipinski definition) is 1. The van der Waals surface area contributed by atoms with Crippen LogP contribution in [-0.4, -0.2) is 0 Å². The fourth-order valence-corrected chi connectivity index (χ4v) is 2.90. The highest BCUT2D eigenvalue weighted by Gasteiger charge is 2.21. The second kappa shape index (κ2) is 6.92. The predicted octanol–water partition coefficient (Wildman–Crippen LogP) is 4.80. The third-order valence-corrected chi connectivity index (χ3v) is 3.95. The van der Waals surface area contributed by atoms with E-state index < -0.39 is 0 Å². The van der Waals surface area contributed by atoms with Crippen molar-refractivity contribution in [2.75, 3.05) is 0 Å². The first-order valence-corrected chi connectivity index (χ1v) is 7.07. The first kappa shape index (κ1) is 14.4. The van der Waals surface area contributed by atoms with Crippen LogP contribution in [0.5, 0.6) is 0 Å². The van der Waals surface area contributed by atoms with Gasteiger partial charge >= 0.3 is 0 Å². The molecule has 1 aliphatic carbocycles. The van der Waals surface area contributed by atoms with Crippen molar-refractivity contribution in [3.63, 3.8) is 0 Å². The molecule has 1 nitrogen and oxygen atoms in total. The molecule has 1 aromatic rings. The van der Waals surface area contributed by atoms with Gasteiger partial charge in [-0.2, -0.15) is 5.26 Å². The van der Waals surface area contributed by atoms with Crippen LogP contribution in [0.1, 0.15) is 51.1 Å². The zero-order valence-electron chi connectivity index (χ0n) is 11.7. The van der Waals surface area contributed by atoms with E-state index in [1.54, 1.807) is 18.2 Å². The minimum atomic E-state index is -0.319. The summed E-state index contributed by atoms with van der Waals surface area (Å²) < 4.78 is 13.9. The van der Waals surface area contributed by atoms with Crippen molar-refractivity contribution in [2.45, 2.75) is 38.5 Å². The maximum Gasteiger partial charge on any atom is 0.152 e. The van der Waals surface area contributed by atoms with Crippen LogP contribution in [-0.2, 0) is 0 Å². The first-order chi connectivity index (χ1) is 9.74. The third kappa shape index (κ3) is 3.49. The smallest absolute Gasteiger partial charge is 0.152 e. The Bertz CT molecular complexity index is 596. The summed E-state index contributed by atoms with van der Waals surface area (Å²) in [5.41, 5.74) is 1.36. The molecule has 0 bridgehead atoms. The Labute approximate surface area is 121 Å². The van der Waals surface area contributed by atoms with Gasteiger partial charge in [0.1, 0.15) is 5.82 Å². The minimum Gasteiger partial charge on any atom is -0.206 e. The van der Waals surface area contributed by atoms with E-state index in [-0.39, 0.29) is 7.24 Å². The molecule has 2 heteroatoms. The lowest BCUT2D eigenvalue weighted by molar-refractivity contribution is 0.375. The zero-order chi connectivity index (χ0) is 14.4. The molecule has 0 unspecified atom stereocenters.